The molecule has 36 heavy (non-hydrogen) atoms. The fraction of sp³-hybridized carbons (Fsp3) is 0.536. The van der Waals surface area contributed by atoms with E-state index >= 15 is 0 Å². The lowest BCUT2D eigenvalue weighted by molar-refractivity contribution is -0.135. The number of anilines is 1. The molecule has 2 N–H and O–H groups in total. The third-order valence-corrected chi connectivity index (χ3v) is 8.32. The Hall–Kier alpha value is -1.86. The molecular formula is C28H37Cl2FN4O. The van der Waals surface area contributed by atoms with Gasteiger partial charge in [-0.1, -0.05) is 55.2 Å². The van der Waals surface area contributed by atoms with E-state index in [0.29, 0.717) is 54.5 Å². The van der Waals surface area contributed by atoms with Crippen LogP contribution in [0.5, 0.6) is 0 Å². The number of halogens is 3. The second-order valence-electron chi connectivity index (χ2n) is 10.7. The molecule has 2 aromatic rings. The number of likely N-dealkylation sites (tertiary alicyclic amines) is 1. The zero-order valence-corrected chi connectivity index (χ0v) is 23.1. The van der Waals surface area contributed by atoms with Crippen LogP contribution in [0.3, 0.4) is 0 Å². The number of piperazine rings is 1. The van der Waals surface area contributed by atoms with Crippen molar-refractivity contribution in [2.24, 2.45) is 17.6 Å². The average Bonchev–Trinajstić information content (AvgIpc) is 3.28. The summed E-state index contributed by atoms with van der Waals surface area (Å²) in [5, 5.41) is 1.19. The largest absolute Gasteiger partial charge is 0.365 e. The number of benzene rings is 2. The van der Waals surface area contributed by atoms with Crippen LogP contribution in [0.15, 0.2) is 36.4 Å². The first kappa shape index (κ1) is 27.2. The van der Waals surface area contributed by atoms with Crippen molar-refractivity contribution >= 4 is 34.8 Å². The van der Waals surface area contributed by atoms with Crippen molar-refractivity contribution in [3.8, 4) is 0 Å². The molecule has 0 bridgehead atoms. The van der Waals surface area contributed by atoms with Gasteiger partial charge >= 0.3 is 0 Å². The van der Waals surface area contributed by atoms with E-state index in [1.807, 2.05) is 41.8 Å². The van der Waals surface area contributed by atoms with E-state index in [9.17, 15) is 9.18 Å². The maximum absolute atomic E-state index is 15.0. The minimum Gasteiger partial charge on any atom is -0.365 e. The van der Waals surface area contributed by atoms with Gasteiger partial charge in [0.1, 0.15) is 5.82 Å². The van der Waals surface area contributed by atoms with Gasteiger partial charge in [-0.25, -0.2) is 4.39 Å². The molecule has 196 valence electrons. The molecule has 2 aromatic carbocycles. The molecule has 2 heterocycles. The Kier molecular flexibility index (Phi) is 8.50. The van der Waals surface area contributed by atoms with Crippen LogP contribution >= 0.6 is 23.2 Å². The van der Waals surface area contributed by atoms with Crippen molar-refractivity contribution in [3.63, 3.8) is 0 Å². The molecule has 0 aliphatic carbocycles. The fourth-order valence-electron chi connectivity index (χ4n) is 5.50. The smallest absolute Gasteiger partial charge is 0.227 e. The minimum absolute atomic E-state index is 0.00454. The van der Waals surface area contributed by atoms with E-state index in [0.717, 1.165) is 17.7 Å². The van der Waals surface area contributed by atoms with E-state index in [4.69, 9.17) is 28.9 Å². The number of amides is 1. The first-order valence-corrected chi connectivity index (χ1v) is 13.6. The highest BCUT2D eigenvalue weighted by Crippen LogP contribution is 2.39. The molecule has 5 nitrogen and oxygen atoms in total. The Morgan fingerprint density at radius 1 is 1.03 bits per heavy atom. The maximum atomic E-state index is 15.0. The molecule has 2 aliphatic heterocycles. The summed E-state index contributed by atoms with van der Waals surface area (Å²) >= 11 is 12.7. The van der Waals surface area contributed by atoms with Crippen molar-refractivity contribution in [2.45, 2.75) is 45.7 Å². The van der Waals surface area contributed by atoms with E-state index < -0.39 is 0 Å². The number of carbonyl (C=O) groups excluding carboxylic acids is 1. The summed E-state index contributed by atoms with van der Waals surface area (Å²) in [5.74, 6) is -0.108. The van der Waals surface area contributed by atoms with Crippen molar-refractivity contribution in [3.05, 3.63) is 63.4 Å². The maximum Gasteiger partial charge on any atom is 0.227 e. The van der Waals surface area contributed by atoms with Gasteiger partial charge in [0.05, 0.1) is 11.6 Å². The van der Waals surface area contributed by atoms with E-state index in [-0.39, 0.29) is 35.5 Å². The second-order valence-corrected chi connectivity index (χ2v) is 11.5. The number of rotatable bonds is 6. The molecular weight excluding hydrogens is 498 g/mol. The van der Waals surface area contributed by atoms with Gasteiger partial charge in [-0.2, -0.15) is 0 Å². The molecule has 1 amide bonds. The highest BCUT2D eigenvalue weighted by Gasteiger charge is 2.42. The number of carbonyl (C=O) groups is 1. The zero-order chi connectivity index (χ0) is 26.1. The van der Waals surface area contributed by atoms with Crippen molar-refractivity contribution < 1.29 is 9.18 Å². The number of nitrogens with zero attached hydrogens (tertiary/aromatic N) is 3. The van der Waals surface area contributed by atoms with Gasteiger partial charge in [0.15, 0.2) is 0 Å². The summed E-state index contributed by atoms with van der Waals surface area (Å²) < 4.78 is 15.0. The van der Waals surface area contributed by atoms with Crippen LogP contribution in [0.25, 0.3) is 0 Å². The van der Waals surface area contributed by atoms with Crippen molar-refractivity contribution in [1.82, 2.24) is 9.80 Å². The first-order chi connectivity index (χ1) is 17.1. The third kappa shape index (κ3) is 5.52. The third-order valence-electron chi connectivity index (χ3n) is 7.76. The number of hydrogen-bond donors (Lipinski definition) is 1. The molecule has 3 atom stereocenters. The average molecular weight is 536 g/mol. The lowest BCUT2D eigenvalue weighted by Crippen LogP contribution is -2.51. The molecule has 3 unspecified atom stereocenters. The molecule has 2 saturated heterocycles. The Balaban J connectivity index is 1.52. The topological polar surface area (TPSA) is 52.8 Å². The van der Waals surface area contributed by atoms with Gasteiger partial charge in [0.25, 0.3) is 0 Å². The zero-order valence-electron chi connectivity index (χ0n) is 21.6. The van der Waals surface area contributed by atoms with Gasteiger partial charge in [0.2, 0.25) is 5.91 Å². The Labute approximate surface area is 224 Å². The molecule has 0 radical (unpaired) electrons. The van der Waals surface area contributed by atoms with E-state index in [1.165, 1.54) is 6.07 Å². The fourth-order valence-corrected chi connectivity index (χ4v) is 6.05. The van der Waals surface area contributed by atoms with Gasteiger partial charge < -0.3 is 15.5 Å². The highest BCUT2D eigenvalue weighted by atomic mass is 35.5. The van der Waals surface area contributed by atoms with Crippen LogP contribution in [0, 0.1) is 17.7 Å². The van der Waals surface area contributed by atoms with Gasteiger partial charge in [-0.05, 0) is 49.1 Å². The monoisotopic (exact) mass is 534 g/mol. The number of hydrogen-bond acceptors (Lipinski definition) is 4. The van der Waals surface area contributed by atoms with Crippen LogP contribution in [0.2, 0.25) is 10.0 Å². The summed E-state index contributed by atoms with van der Waals surface area (Å²) in [6.45, 7) is 12.1. The molecule has 0 saturated carbocycles. The Morgan fingerprint density at radius 2 is 1.72 bits per heavy atom. The first-order valence-electron chi connectivity index (χ1n) is 12.8. The van der Waals surface area contributed by atoms with Gasteiger partial charge in [0, 0.05) is 67.3 Å². The molecule has 4 rings (SSSR count). The van der Waals surface area contributed by atoms with Crippen LogP contribution in [-0.4, -0.2) is 61.0 Å². The van der Waals surface area contributed by atoms with E-state index in [1.54, 1.807) is 12.1 Å². The standard InChI is InChI=1S/C28H37Cl2FN4O/c1-17(2)26(32)21-6-5-7-25(31)27(21)33-10-12-34(13-11-33)28(36)23-16-35(18(3)4)15-22(23)20-9-8-19(29)14-24(20)30/h5-9,14,17-18,22-23,26H,10-13,15-16,32H2,1-4H3. The highest BCUT2D eigenvalue weighted by molar-refractivity contribution is 6.35. The number of para-hydroxylation sites is 1. The molecule has 2 aliphatic rings. The summed E-state index contributed by atoms with van der Waals surface area (Å²) in [4.78, 5) is 20.1. The van der Waals surface area contributed by atoms with Crippen LogP contribution in [0.4, 0.5) is 10.1 Å². The lowest BCUT2D eigenvalue weighted by atomic mass is 9.87. The van der Waals surface area contributed by atoms with Crippen LogP contribution in [0.1, 0.15) is 50.8 Å². The Morgan fingerprint density at radius 3 is 2.33 bits per heavy atom. The van der Waals surface area contributed by atoms with Gasteiger partial charge in [-0.3, -0.25) is 9.69 Å². The molecule has 0 spiro atoms. The van der Waals surface area contributed by atoms with Crippen LogP contribution in [-0.2, 0) is 4.79 Å². The minimum atomic E-state index is -0.260. The second kappa shape index (κ2) is 11.3. The predicted octanol–water partition coefficient (Wildman–Crippen LogP) is 5.56. The molecule has 0 aromatic heterocycles. The van der Waals surface area contributed by atoms with Crippen molar-refractivity contribution in [1.29, 1.82) is 0 Å². The molecule has 8 heteroatoms. The summed E-state index contributed by atoms with van der Waals surface area (Å²) in [5.41, 5.74) is 8.79. The van der Waals surface area contributed by atoms with E-state index in [2.05, 4.69) is 18.7 Å². The molecule has 2 fully saturated rings. The van der Waals surface area contributed by atoms with Crippen LogP contribution < -0.4 is 10.6 Å². The summed E-state index contributed by atoms with van der Waals surface area (Å²) in [6.07, 6.45) is 0. The van der Waals surface area contributed by atoms with Crippen molar-refractivity contribution in [2.75, 3.05) is 44.2 Å². The van der Waals surface area contributed by atoms with Gasteiger partial charge in [-0.15, -0.1) is 0 Å². The predicted molar refractivity (Wildman–Crippen MR) is 146 cm³/mol. The summed E-state index contributed by atoms with van der Waals surface area (Å²) in [7, 11) is 0. The number of nitrogens with two attached hydrogens (primary N) is 1. The summed E-state index contributed by atoms with van der Waals surface area (Å²) in [6, 6.07) is 10.8. The lowest BCUT2D eigenvalue weighted by Gasteiger charge is -2.39. The Bertz CT molecular complexity index is 1090. The normalized spacial score (nSPS) is 22.1. The SMILES string of the molecule is CC(C)C(N)c1cccc(F)c1N1CCN(C(=O)C2CN(C(C)C)CC2c2ccc(Cl)cc2Cl)CC1. The quantitative estimate of drug-likeness (QED) is 0.526.